The Labute approximate surface area is 112 Å². The molecule has 0 saturated carbocycles. The van der Waals surface area contributed by atoms with Crippen LogP contribution in [0.5, 0.6) is 0 Å². The van der Waals surface area contributed by atoms with Crippen LogP contribution in [0.3, 0.4) is 0 Å². The van der Waals surface area contributed by atoms with Crippen molar-refractivity contribution in [3.8, 4) is 6.07 Å². The first-order chi connectivity index (χ1) is 8.61. The number of benzene rings is 2. The molecule has 0 spiro atoms. The van der Waals surface area contributed by atoms with Gasteiger partial charge in [0, 0.05) is 10.0 Å². The van der Waals surface area contributed by atoms with Crippen molar-refractivity contribution in [1.29, 1.82) is 5.26 Å². The van der Waals surface area contributed by atoms with Crippen molar-refractivity contribution >= 4 is 15.9 Å². The third-order valence-corrected chi connectivity index (χ3v) is 3.08. The maximum atomic E-state index is 13.6. The van der Waals surface area contributed by atoms with Gasteiger partial charge in [0.25, 0.3) is 0 Å². The van der Waals surface area contributed by atoms with Crippen LogP contribution in [0.2, 0.25) is 0 Å². The van der Waals surface area contributed by atoms with Crippen molar-refractivity contribution in [1.82, 2.24) is 0 Å². The van der Waals surface area contributed by atoms with Crippen LogP contribution < -0.4 is 0 Å². The Bertz CT molecular complexity index is 621. The lowest BCUT2D eigenvalue weighted by Crippen LogP contribution is -2.03. The molecule has 0 heterocycles. The predicted octanol–water partition coefficient (Wildman–Crippen LogP) is 3.54. The normalized spacial score (nSPS) is 11.9. The predicted molar refractivity (Wildman–Crippen MR) is 69.3 cm³/mol. The van der Waals surface area contributed by atoms with Crippen molar-refractivity contribution in [3.05, 3.63) is 69.4 Å². The molecule has 2 aromatic rings. The van der Waals surface area contributed by atoms with Gasteiger partial charge in [0.1, 0.15) is 11.9 Å². The molecule has 1 atom stereocenters. The van der Waals surface area contributed by atoms with E-state index in [1.54, 1.807) is 30.3 Å². The van der Waals surface area contributed by atoms with E-state index >= 15 is 0 Å². The first-order valence-corrected chi connectivity index (χ1v) is 6.04. The fourth-order valence-electron chi connectivity index (χ4n) is 1.68. The number of halogens is 2. The molecule has 18 heavy (non-hydrogen) atoms. The van der Waals surface area contributed by atoms with Gasteiger partial charge >= 0.3 is 0 Å². The van der Waals surface area contributed by atoms with Gasteiger partial charge in [-0.15, -0.1) is 0 Å². The summed E-state index contributed by atoms with van der Waals surface area (Å²) in [6.07, 6.45) is -1.09. The summed E-state index contributed by atoms with van der Waals surface area (Å²) >= 11 is 3.24. The summed E-state index contributed by atoms with van der Waals surface area (Å²) in [5, 5.41) is 18.9. The van der Waals surface area contributed by atoms with Crippen LogP contribution in [0.25, 0.3) is 0 Å². The molecule has 0 saturated heterocycles. The Morgan fingerprint density at radius 1 is 1.22 bits per heavy atom. The monoisotopic (exact) mass is 305 g/mol. The number of hydrogen-bond donors (Lipinski definition) is 1. The van der Waals surface area contributed by atoms with Gasteiger partial charge in [-0.05, 0) is 35.9 Å². The lowest BCUT2D eigenvalue weighted by molar-refractivity contribution is 0.215. The quantitative estimate of drug-likeness (QED) is 0.922. The summed E-state index contributed by atoms with van der Waals surface area (Å²) in [4.78, 5) is 0. The smallest absolute Gasteiger partial charge is 0.129 e. The summed E-state index contributed by atoms with van der Waals surface area (Å²) in [6, 6.07) is 12.9. The topological polar surface area (TPSA) is 44.0 Å². The van der Waals surface area contributed by atoms with Crippen LogP contribution in [0.4, 0.5) is 4.39 Å². The van der Waals surface area contributed by atoms with E-state index in [0.29, 0.717) is 15.6 Å². The summed E-state index contributed by atoms with van der Waals surface area (Å²) in [5.74, 6) is -0.479. The average Bonchev–Trinajstić information content (AvgIpc) is 2.41. The van der Waals surface area contributed by atoms with Gasteiger partial charge in [-0.25, -0.2) is 4.39 Å². The molecule has 1 unspecified atom stereocenters. The Morgan fingerprint density at radius 2 is 2.00 bits per heavy atom. The summed E-state index contributed by atoms with van der Waals surface area (Å²) < 4.78 is 14.3. The number of rotatable bonds is 2. The molecule has 0 amide bonds. The molecule has 0 aliphatic rings. The van der Waals surface area contributed by atoms with E-state index in [9.17, 15) is 9.50 Å². The van der Waals surface area contributed by atoms with Crippen LogP contribution in [-0.2, 0) is 0 Å². The third kappa shape index (κ3) is 2.58. The van der Waals surface area contributed by atoms with Gasteiger partial charge in [-0.2, -0.15) is 5.26 Å². The minimum absolute atomic E-state index is 0.180. The lowest BCUT2D eigenvalue weighted by Gasteiger charge is -2.13. The fourth-order valence-corrected chi connectivity index (χ4v) is 2.06. The summed E-state index contributed by atoms with van der Waals surface area (Å²) in [6.45, 7) is 0. The molecule has 0 aliphatic carbocycles. The van der Waals surface area contributed by atoms with Crippen molar-refractivity contribution in [2.24, 2.45) is 0 Å². The fraction of sp³-hybridized carbons (Fsp3) is 0.0714. The van der Waals surface area contributed by atoms with Gasteiger partial charge in [0.05, 0.1) is 11.6 Å². The van der Waals surface area contributed by atoms with Gasteiger partial charge in [0.2, 0.25) is 0 Å². The van der Waals surface area contributed by atoms with Gasteiger partial charge < -0.3 is 5.11 Å². The average molecular weight is 306 g/mol. The number of nitrogens with zero attached hydrogens (tertiary/aromatic N) is 1. The first kappa shape index (κ1) is 12.7. The molecule has 0 bridgehead atoms. The van der Waals surface area contributed by atoms with E-state index < -0.39 is 11.9 Å². The molecule has 2 aromatic carbocycles. The van der Waals surface area contributed by atoms with Crippen molar-refractivity contribution in [2.75, 3.05) is 0 Å². The maximum Gasteiger partial charge on any atom is 0.129 e. The van der Waals surface area contributed by atoms with Gasteiger partial charge in [-0.3, -0.25) is 0 Å². The maximum absolute atomic E-state index is 13.6. The van der Waals surface area contributed by atoms with Crippen LogP contribution in [0.1, 0.15) is 22.8 Å². The van der Waals surface area contributed by atoms with Crippen LogP contribution in [0.15, 0.2) is 46.9 Å². The molecule has 2 rings (SSSR count). The number of hydrogen-bond acceptors (Lipinski definition) is 2. The highest BCUT2D eigenvalue weighted by atomic mass is 79.9. The summed E-state index contributed by atoms with van der Waals surface area (Å²) in [7, 11) is 0. The molecule has 0 aliphatic heterocycles. The Balaban J connectivity index is 2.44. The minimum Gasteiger partial charge on any atom is -0.384 e. The molecule has 4 heteroatoms. The number of aliphatic hydroxyl groups excluding tert-OH is 1. The number of nitriles is 1. The Kier molecular flexibility index (Phi) is 3.75. The van der Waals surface area contributed by atoms with Gasteiger partial charge in [-0.1, -0.05) is 28.1 Å². The summed E-state index contributed by atoms with van der Waals surface area (Å²) in [5.41, 5.74) is 1.10. The molecule has 0 aromatic heterocycles. The van der Waals surface area contributed by atoms with Gasteiger partial charge in [0.15, 0.2) is 0 Å². The molecule has 2 nitrogen and oxygen atoms in total. The molecule has 0 radical (unpaired) electrons. The van der Waals surface area contributed by atoms with Crippen molar-refractivity contribution < 1.29 is 9.50 Å². The molecular weight excluding hydrogens is 297 g/mol. The second-order valence-corrected chi connectivity index (χ2v) is 4.72. The highest BCUT2D eigenvalue weighted by molar-refractivity contribution is 9.10. The van der Waals surface area contributed by atoms with Crippen LogP contribution in [0, 0.1) is 17.1 Å². The standard InChI is InChI=1S/C14H9BrFNO/c15-11-4-5-13(16)12(7-11)14(18)10-3-1-2-9(6-10)8-17/h1-7,14,18H. The van der Waals surface area contributed by atoms with Crippen LogP contribution >= 0.6 is 15.9 Å². The third-order valence-electron chi connectivity index (χ3n) is 2.58. The zero-order valence-corrected chi connectivity index (χ0v) is 10.9. The highest BCUT2D eigenvalue weighted by Gasteiger charge is 2.15. The van der Waals surface area contributed by atoms with Crippen LogP contribution in [-0.4, -0.2) is 5.11 Å². The lowest BCUT2D eigenvalue weighted by atomic mass is 9.99. The molecule has 1 N–H and O–H groups in total. The zero-order chi connectivity index (χ0) is 13.1. The molecule has 90 valence electrons. The van der Waals surface area contributed by atoms with E-state index in [1.165, 1.54) is 12.1 Å². The second kappa shape index (κ2) is 5.30. The SMILES string of the molecule is N#Cc1cccc(C(O)c2cc(Br)ccc2F)c1. The first-order valence-electron chi connectivity index (χ1n) is 5.25. The van der Waals surface area contributed by atoms with E-state index in [1.807, 2.05) is 6.07 Å². The number of aliphatic hydroxyl groups is 1. The molecular formula is C14H9BrFNO. The second-order valence-electron chi connectivity index (χ2n) is 3.81. The van der Waals surface area contributed by atoms with E-state index in [2.05, 4.69) is 15.9 Å². The van der Waals surface area contributed by atoms with Crippen molar-refractivity contribution in [3.63, 3.8) is 0 Å². The van der Waals surface area contributed by atoms with E-state index in [-0.39, 0.29) is 5.56 Å². The minimum atomic E-state index is -1.09. The Morgan fingerprint density at radius 3 is 2.72 bits per heavy atom. The zero-order valence-electron chi connectivity index (χ0n) is 9.27. The van der Waals surface area contributed by atoms with Crippen molar-refractivity contribution in [2.45, 2.75) is 6.10 Å². The highest BCUT2D eigenvalue weighted by Crippen LogP contribution is 2.27. The Hall–Kier alpha value is -1.70. The molecule has 0 fully saturated rings. The van der Waals surface area contributed by atoms with E-state index in [4.69, 9.17) is 5.26 Å². The largest absolute Gasteiger partial charge is 0.384 e. The van der Waals surface area contributed by atoms with E-state index in [0.717, 1.165) is 0 Å².